The number of carbonyl (C=O) groups excluding carboxylic acids is 2. The van der Waals surface area contributed by atoms with Gasteiger partial charge in [-0.2, -0.15) is 4.68 Å². The lowest BCUT2D eigenvalue weighted by Crippen LogP contribution is -2.54. The molecule has 3 aromatic rings. The summed E-state index contributed by atoms with van der Waals surface area (Å²) in [7, 11) is 0. The van der Waals surface area contributed by atoms with Crippen LogP contribution in [0.25, 0.3) is 5.69 Å². The van der Waals surface area contributed by atoms with Crippen molar-refractivity contribution in [3.05, 3.63) is 77.1 Å². The third kappa shape index (κ3) is 4.12. The summed E-state index contributed by atoms with van der Waals surface area (Å²) in [5.74, 6) is 0.950. The number of benzene rings is 2. The van der Waals surface area contributed by atoms with Crippen LogP contribution in [0.1, 0.15) is 6.92 Å². The second kappa shape index (κ2) is 9.01. The number of hydrogen-bond acceptors (Lipinski definition) is 6. The number of ether oxygens (including phenoxy) is 1. The zero-order valence-electron chi connectivity index (χ0n) is 18.8. The lowest BCUT2D eigenvalue weighted by atomic mass is 10.2. The first-order valence-corrected chi connectivity index (χ1v) is 11.3. The Morgan fingerprint density at radius 3 is 2.41 bits per heavy atom. The molecule has 2 aliphatic heterocycles. The predicted molar refractivity (Wildman–Crippen MR) is 128 cm³/mol. The molecule has 0 bridgehead atoms. The van der Waals surface area contributed by atoms with Gasteiger partial charge in [0.1, 0.15) is 18.1 Å². The summed E-state index contributed by atoms with van der Waals surface area (Å²) in [6.45, 7) is 3.82. The van der Waals surface area contributed by atoms with Crippen LogP contribution in [0.2, 0.25) is 0 Å². The number of carbonyl (C=O) groups is 2. The van der Waals surface area contributed by atoms with Crippen LogP contribution in [0.3, 0.4) is 0 Å². The van der Waals surface area contributed by atoms with Gasteiger partial charge in [-0.25, -0.2) is 0 Å². The maximum Gasteiger partial charge on any atom is 0.271 e. The lowest BCUT2D eigenvalue weighted by Gasteiger charge is -2.37. The van der Waals surface area contributed by atoms with Crippen molar-refractivity contribution in [1.29, 1.82) is 0 Å². The van der Waals surface area contributed by atoms with E-state index in [0.29, 0.717) is 49.1 Å². The number of anilines is 2. The molecule has 34 heavy (non-hydrogen) atoms. The molecule has 9 nitrogen and oxygen atoms in total. The number of nitrogens with zero attached hydrogens (tertiary/aromatic N) is 5. The Balaban J connectivity index is 1.26. The van der Waals surface area contributed by atoms with Gasteiger partial charge in [-0.15, -0.1) is 5.10 Å². The molecule has 2 aliphatic rings. The summed E-state index contributed by atoms with van der Waals surface area (Å²) in [5.41, 5.74) is 1.12. The van der Waals surface area contributed by atoms with E-state index in [-0.39, 0.29) is 23.9 Å². The highest BCUT2D eigenvalue weighted by atomic mass is 16.5. The molecule has 2 aromatic carbocycles. The van der Waals surface area contributed by atoms with E-state index in [1.54, 1.807) is 30.0 Å². The third-order valence-electron chi connectivity index (χ3n) is 6.11. The number of amides is 2. The van der Waals surface area contributed by atoms with Crippen LogP contribution in [0, 0.1) is 0 Å². The van der Waals surface area contributed by atoms with Gasteiger partial charge >= 0.3 is 0 Å². The summed E-state index contributed by atoms with van der Waals surface area (Å²) < 4.78 is 7.04. The Morgan fingerprint density at radius 1 is 0.941 bits per heavy atom. The standard InChI is InChI=1S/C25H25N5O4/c1-18-25(33)29(20-9-5-6-10-21(20)34-18)17-24(32)28-15-13-27(14-16-28)22-11-12-23(31)30(26-22)19-7-3-2-4-8-19/h2-12,18H,13-17H2,1H3/t18-/m1/s1. The molecule has 0 radical (unpaired) electrons. The second-order valence-corrected chi connectivity index (χ2v) is 8.30. The molecule has 1 atom stereocenters. The van der Waals surface area contributed by atoms with E-state index < -0.39 is 6.10 Å². The molecule has 174 valence electrons. The third-order valence-corrected chi connectivity index (χ3v) is 6.11. The number of fused-ring (bicyclic) bond motifs is 1. The van der Waals surface area contributed by atoms with Gasteiger partial charge in [-0.1, -0.05) is 30.3 Å². The van der Waals surface area contributed by atoms with E-state index in [1.165, 1.54) is 15.6 Å². The van der Waals surface area contributed by atoms with Crippen LogP contribution < -0.4 is 20.1 Å². The minimum Gasteiger partial charge on any atom is -0.479 e. The van der Waals surface area contributed by atoms with Crippen LogP contribution in [0.5, 0.6) is 5.75 Å². The number of piperazine rings is 1. The molecule has 1 fully saturated rings. The summed E-state index contributed by atoms with van der Waals surface area (Å²) in [6, 6.07) is 19.8. The maximum atomic E-state index is 13.1. The fourth-order valence-corrected chi connectivity index (χ4v) is 4.27. The molecule has 2 amide bonds. The first-order valence-electron chi connectivity index (χ1n) is 11.3. The quantitative estimate of drug-likeness (QED) is 0.590. The molecule has 5 rings (SSSR count). The predicted octanol–water partition coefficient (Wildman–Crippen LogP) is 1.70. The molecule has 0 N–H and O–H groups in total. The van der Waals surface area contributed by atoms with Crippen molar-refractivity contribution in [2.75, 3.05) is 42.5 Å². The average molecular weight is 460 g/mol. The SMILES string of the molecule is C[C@H]1Oc2ccccc2N(CC(=O)N2CCN(c3ccc(=O)n(-c4ccccc4)n3)CC2)C1=O. The van der Waals surface area contributed by atoms with E-state index in [4.69, 9.17) is 4.74 Å². The van der Waals surface area contributed by atoms with Crippen molar-refractivity contribution in [3.63, 3.8) is 0 Å². The van der Waals surface area contributed by atoms with Gasteiger partial charge in [0.25, 0.3) is 11.5 Å². The van der Waals surface area contributed by atoms with E-state index in [1.807, 2.05) is 42.5 Å². The Hall–Kier alpha value is -4.14. The molecule has 0 aliphatic carbocycles. The topological polar surface area (TPSA) is 88.0 Å². The largest absolute Gasteiger partial charge is 0.479 e. The van der Waals surface area contributed by atoms with Gasteiger partial charge < -0.3 is 14.5 Å². The van der Waals surface area contributed by atoms with E-state index in [9.17, 15) is 14.4 Å². The van der Waals surface area contributed by atoms with Crippen molar-refractivity contribution in [1.82, 2.24) is 14.7 Å². The lowest BCUT2D eigenvalue weighted by molar-refractivity contribution is -0.133. The van der Waals surface area contributed by atoms with Gasteiger partial charge in [-0.05, 0) is 37.3 Å². The molecule has 1 saturated heterocycles. The Bertz CT molecular complexity index is 1270. The maximum absolute atomic E-state index is 13.1. The van der Waals surface area contributed by atoms with Crippen LogP contribution in [0.15, 0.2) is 71.5 Å². The molecule has 3 heterocycles. The highest BCUT2D eigenvalue weighted by molar-refractivity contribution is 6.03. The fourth-order valence-electron chi connectivity index (χ4n) is 4.27. The number of para-hydroxylation sites is 3. The van der Waals surface area contributed by atoms with Crippen molar-refractivity contribution in [3.8, 4) is 11.4 Å². The molecular weight excluding hydrogens is 434 g/mol. The van der Waals surface area contributed by atoms with Gasteiger partial charge in [0.05, 0.1) is 11.4 Å². The van der Waals surface area contributed by atoms with Crippen LogP contribution in [-0.4, -0.2) is 65.3 Å². The molecule has 9 heteroatoms. The molecule has 1 aromatic heterocycles. The van der Waals surface area contributed by atoms with Crippen molar-refractivity contribution >= 4 is 23.3 Å². The number of aromatic nitrogens is 2. The zero-order chi connectivity index (χ0) is 23.7. The van der Waals surface area contributed by atoms with E-state index in [0.717, 1.165) is 0 Å². The smallest absolute Gasteiger partial charge is 0.271 e. The van der Waals surface area contributed by atoms with Crippen LogP contribution in [-0.2, 0) is 9.59 Å². The monoisotopic (exact) mass is 459 g/mol. The minimum atomic E-state index is -0.633. The number of rotatable bonds is 4. The zero-order valence-corrected chi connectivity index (χ0v) is 18.8. The summed E-state index contributed by atoms with van der Waals surface area (Å²) in [4.78, 5) is 43.4. The first kappa shape index (κ1) is 21.7. The summed E-state index contributed by atoms with van der Waals surface area (Å²) in [6.07, 6.45) is -0.633. The Morgan fingerprint density at radius 2 is 1.65 bits per heavy atom. The fraction of sp³-hybridized carbons (Fsp3) is 0.280. The minimum absolute atomic E-state index is 0.0271. The van der Waals surface area contributed by atoms with E-state index >= 15 is 0 Å². The van der Waals surface area contributed by atoms with Crippen LogP contribution in [0.4, 0.5) is 11.5 Å². The van der Waals surface area contributed by atoms with Gasteiger partial charge in [0.15, 0.2) is 6.10 Å². The van der Waals surface area contributed by atoms with Gasteiger partial charge in [-0.3, -0.25) is 19.3 Å². The normalized spacial score (nSPS) is 17.9. The Kier molecular flexibility index (Phi) is 5.75. The molecule has 0 saturated carbocycles. The van der Waals surface area contributed by atoms with Gasteiger partial charge in [0, 0.05) is 32.2 Å². The highest BCUT2D eigenvalue weighted by Crippen LogP contribution is 2.33. The second-order valence-electron chi connectivity index (χ2n) is 8.30. The number of hydrogen-bond donors (Lipinski definition) is 0. The van der Waals surface area contributed by atoms with Crippen molar-refractivity contribution in [2.24, 2.45) is 0 Å². The molecule has 0 spiro atoms. The van der Waals surface area contributed by atoms with Crippen molar-refractivity contribution in [2.45, 2.75) is 13.0 Å². The van der Waals surface area contributed by atoms with Crippen molar-refractivity contribution < 1.29 is 14.3 Å². The average Bonchev–Trinajstić information content (AvgIpc) is 2.87. The Labute approximate surface area is 196 Å². The molecule has 0 unspecified atom stereocenters. The summed E-state index contributed by atoms with van der Waals surface area (Å²) >= 11 is 0. The molecular formula is C25H25N5O4. The summed E-state index contributed by atoms with van der Waals surface area (Å²) in [5, 5.41) is 4.53. The van der Waals surface area contributed by atoms with Gasteiger partial charge in [0.2, 0.25) is 5.91 Å². The van der Waals surface area contributed by atoms with Crippen LogP contribution >= 0.6 is 0 Å². The van der Waals surface area contributed by atoms with E-state index in [2.05, 4.69) is 10.00 Å². The highest BCUT2D eigenvalue weighted by Gasteiger charge is 2.34. The first-order chi connectivity index (χ1) is 16.5.